The van der Waals surface area contributed by atoms with Gasteiger partial charge >= 0.3 is 0 Å². The first kappa shape index (κ1) is 28.4. The number of rotatable bonds is 6. The smallest absolute Gasteiger partial charge is 0.0818 e. The largest absolute Gasteiger partial charge is 0.255 e. The molecule has 0 aliphatic rings. The van der Waals surface area contributed by atoms with Crippen LogP contribution in [-0.4, -0.2) is 19.9 Å². The molecule has 0 amide bonds. The molecule has 4 heterocycles. The Balaban J connectivity index is 1.31. The van der Waals surface area contributed by atoms with Crippen molar-refractivity contribution < 1.29 is 0 Å². The Morgan fingerprint density at radius 3 is 1.42 bits per heavy atom. The predicted molar refractivity (Wildman–Crippen MR) is 201 cm³/mol. The van der Waals surface area contributed by atoms with E-state index < -0.39 is 0 Å². The number of nitrogens with zero attached hydrogens (tertiary/aromatic N) is 4. The van der Waals surface area contributed by atoms with Gasteiger partial charge in [0.15, 0.2) is 0 Å². The molecule has 0 saturated heterocycles. The fourth-order valence-electron chi connectivity index (χ4n) is 6.63. The maximum atomic E-state index is 4.92. The molecule has 48 heavy (non-hydrogen) atoms. The van der Waals surface area contributed by atoms with E-state index in [-0.39, 0.29) is 0 Å². The van der Waals surface area contributed by atoms with Crippen LogP contribution in [-0.2, 0) is 0 Å². The lowest BCUT2D eigenvalue weighted by atomic mass is 9.84. The number of pyridine rings is 2. The van der Waals surface area contributed by atoms with Gasteiger partial charge in [-0.05, 0) is 73.1 Å². The molecule has 0 radical (unpaired) electrons. The first-order valence-electron chi connectivity index (χ1n) is 15.7. The van der Waals surface area contributed by atoms with Crippen LogP contribution in [0.3, 0.4) is 0 Å². The molecule has 6 heteroatoms. The minimum absolute atomic E-state index is 0.927. The summed E-state index contributed by atoms with van der Waals surface area (Å²) in [4.78, 5) is 20.4. The average Bonchev–Trinajstić information content (AvgIpc) is 3.91. The van der Waals surface area contributed by atoms with Crippen molar-refractivity contribution in [3.8, 4) is 65.6 Å². The van der Waals surface area contributed by atoms with Crippen LogP contribution in [0.25, 0.3) is 87.2 Å². The van der Waals surface area contributed by atoms with E-state index in [4.69, 9.17) is 9.97 Å². The summed E-state index contributed by atoms with van der Waals surface area (Å²) < 4.78 is 0. The van der Waals surface area contributed by atoms with Crippen molar-refractivity contribution in [1.29, 1.82) is 0 Å². The Morgan fingerprint density at radius 2 is 0.875 bits per heavy atom. The van der Waals surface area contributed by atoms with Crippen LogP contribution in [0.5, 0.6) is 0 Å². The van der Waals surface area contributed by atoms with Crippen LogP contribution in [0.2, 0.25) is 0 Å². The third-order valence-corrected chi connectivity index (χ3v) is 10.4. The molecule has 4 nitrogen and oxygen atoms in total. The van der Waals surface area contributed by atoms with Gasteiger partial charge in [-0.1, -0.05) is 103 Å². The SMILES string of the molecule is c1ccc(-c2ccccc2-c2ccc3c(-c4ccc(-c5cncs5)nc4)c4ccccc4c(-c4ccc(-c5cncs5)nc4)c3c2)cc1. The molecule has 5 aromatic carbocycles. The number of hydrogen-bond donors (Lipinski definition) is 0. The maximum absolute atomic E-state index is 4.92. The average molecular weight is 651 g/mol. The molecule has 0 aliphatic heterocycles. The summed E-state index contributed by atoms with van der Waals surface area (Å²) in [5.41, 5.74) is 14.8. The quantitative estimate of drug-likeness (QED) is 0.168. The molecule has 0 saturated carbocycles. The molecular weight excluding hydrogens is 625 g/mol. The van der Waals surface area contributed by atoms with Gasteiger partial charge in [0.1, 0.15) is 0 Å². The summed E-state index contributed by atoms with van der Waals surface area (Å²) in [7, 11) is 0. The van der Waals surface area contributed by atoms with Crippen molar-refractivity contribution in [2.45, 2.75) is 0 Å². The highest BCUT2D eigenvalue weighted by Gasteiger charge is 2.19. The first-order chi connectivity index (χ1) is 23.8. The Kier molecular flexibility index (Phi) is 7.15. The Morgan fingerprint density at radius 1 is 0.375 bits per heavy atom. The third kappa shape index (κ3) is 4.99. The van der Waals surface area contributed by atoms with Crippen LogP contribution in [0, 0.1) is 0 Å². The number of fused-ring (bicyclic) bond motifs is 2. The lowest BCUT2D eigenvalue weighted by Gasteiger charge is -2.19. The third-order valence-electron chi connectivity index (χ3n) is 8.82. The Hall–Kier alpha value is -5.82. The molecule has 9 aromatic rings. The molecule has 0 atom stereocenters. The topological polar surface area (TPSA) is 51.6 Å². The first-order valence-corrected chi connectivity index (χ1v) is 17.4. The van der Waals surface area contributed by atoms with Gasteiger partial charge < -0.3 is 0 Å². The highest BCUT2D eigenvalue weighted by molar-refractivity contribution is 7.13. The van der Waals surface area contributed by atoms with E-state index in [0.717, 1.165) is 37.8 Å². The van der Waals surface area contributed by atoms with Crippen LogP contribution < -0.4 is 0 Å². The van der Waals surface area contributed by atoms with Gasteiger partial charge in [0.05, 0.1) is 32.2 Å². The van der Waals surface area contributed by atoms with Gasteiger partial charge in [0.2, 0.25) is 0 Å². The number of hydrogen-bond acceptors (Lipinski definition) is 6. The van der Waals surface area contributed by atoms with Crippen molar-refractivity contribution in [1.82, 2.24) is 19.9 Å². The number of aromatic nitrogens is 4. The second-order valence-corrected chi connectivity index (χ2v) is 13.3. The van der Waals surface area contributed by atoms with E-state index in [2.05, 4.69) is 131 Å². The van der Waals surface area contributed by atoms with E-state index in [1.807, 2.05) is 35.8 Å². The summed E-state index contributed by atoms with van der Waals surface area (Å²) in [6.45, 7) is 0. The van der Waals surface area contributed by atoms with Crippen molar-refractivity contribution in [2.24, 2.45) is 0 Å². The van der Waals surface area contributed by atoms with Crippen molar-refractivity contribution >= 4 is 44.2 Å². The molecule has 0 spiro atoms. The summed E-state index contributed by atoms with van der Waals surface area (Å²) in [6.07, 6.45) is 7.75. The maximum Gasteiger partial charge on any atom is 0.0818 e. The molecular formula is C42H26N4S2. The predicted octanol–water partition coefficient (Wildman–Crippen LogP) is 11.7. The lowest BCUT2D eigenvalue weighted by molar-refractivity contribution is 1.33. The molecule has 0 aliphatic carbocycles. The molecule has 0 bridgehead atoms. The normalized spacial score (nSPS) is 11.3. The minimum atomic E-state index is 0.927. The minimum Gasteiger partial charge on any atom is -0.255 e. The zero-order valence-corrected chi connectivity index (χ0v) is 27.2. The molecule has 4 aromatic heterocycles. The monoisotopic (exact) mass is 650 g/mol. The van der Waals surface area contributed by atoms with Crippen molar-refractivity contribution in [2.75, 3.05) is 0 Å². The van der Waals surface area contributed by atoms with E-state index >= 15 is 0 Å². The number of thiazole rings is 2. The fourth-order valence-corrected chi connectivity index (χ4v) is 7.83. The van der Waals surface area contributed by atoms with Crippen LogP contribution >= 0.6 is 22.7 Å². The number of benzene rings is 5. The summed E-state index contributed by atoms with van der Waals surface area (Å²) in [5, 5.41) is 4.69. The zero-order chi connectivity index (χ0) is 31.9. The standard InChI is InChI=1S/C42H26N4S2/c1-2-8-27(9-3-1)31-10-4-5-11-32(31)28-14-17-35-36(20-28)42(30-16-19-38(46-22-30)40-24-44-26-48-40)34-13-7-6-12-33(34)41(35)29-15-18-37(45-21-29)39-23-43-25-47-39/h1-26H. The molecule has 226 valence electrons. The van der Waals surface area contributed by atoms with Gasteiger partial charge in [-0.25, -0.2) is 0 Å². The van der Waals surface area contributed by atoms with E-state index in [9.17, 15) is 0 Å². The van der Waals surface area contributed by atoms with Gasteiger partial charge in [-0.2, -0.15) is 0 Å². The van der Waals surface area contributed by atoms with E-state index in [1.165, 1.54) is 49.4 Å². The van der Waals surface area contributed by atoms with Gasteiger partial charge in [0, 0.05) is 35.9 Å². The molecule has 9 rings (SSSR count). The summed E-state index contributed by atoms with van der Waals surface area (Å²) >= 11 is 3.20. The summed E-state index contributed by atoms with van der Waals surface area (Å²) in [5.74, 6) is 0. The molecule has 0 fully saturated rings. The Bertz CT molecular complexity index is 2520. The molecule has 0 unspecified atom stereocenters. The molecule has 0 N–H and O–H groups in total. The Labute approximate surface area is 285 Å². The van der Waals surface area contributed by atoms with Gasteiger partial charge in [-0.15, -0.1) is 22.7 Å². The highest BCUT2D eigenvalue weighted by Crippen LogP contribution is 2.45. The second-order valence-electron chi connectivity index (χ2n) is 11.6. The van der Waals surface area contributed by atoms with Crippen LogP contribution in [0.4, 0.5) is 0 Å². The van der Waals surface area contributed by atoms with Crippen molar-refractivity contribution in [3.63, 3.8) is 0 Å². The van der Waals surface area contributed by atoms with Crippen LogP contribution in [0.1, 0.15) is 0 Å². The van der Waals surface area contributed by atoms with E-state index in [0.29, 0.717) is 0 Å². The lowest BCUT2D eigenvalue weighted by Crippen LogP contribution is -1.93. The zero-order valence-electron chi connectivity index (χ0n) is 25.6. The second kappa shape index (κ2) is 12.1. The van der Waals surface area contributed by atoms with Gasteiger partial charge in [0.25, 0.3) is 0 Å². The van der Waals surface area contributed by atoms with Crippen molar-refractivity contribution in [3.05, 3.63) is 157 Å². The highest BCUT2D eigenvalue weighted by atomic mass is 32.1. The van der Waals surface area contributed by atoms with E-state index in [1.54, 1.807) is 22.7 Å². The van der Waals surface area contributed by atoms with Crippen LogP contribution in [0.15, 0.2) is 157 Å². The summed E-state index contributed by atoms with van der Waals surface area (Å²) in [6, 6.07) is 43.5. The fraction of sp³-hybridized carbons (Fsp3) is 0. The van der Waals surface area contributed by atoms with Gasteiger partial charge in [-0.3, -0.25) is 19.9 Å².